The molecule has 1 aliphatic heterocycles. The maximum atomic E-state index is 12.8. The van der Waals surface area contributed by atoms with Crippen LogP contribution in [-0.2, 0) is 0 Å². The number of methoxy groups -OCH3 is 1. The Labute approximate surface area is 184 Å². The van der Waals surface area contributed by atoms with Crippen LogP contribution in [0.3, 0.4) is 0 Å². The zero-order valence-corrected chi connectivity index (χ0v) is 18.1. The molecule has 4 rings (SSSR count). The van der Waals surface area contributed by atoms with Crippen molar-refractivity contribution in [3.05, 3.63) is 64.1 Å². The molecule has 2 aromatic carbocycles. The summed E-state index contributed by atoms with van der Waals surface area (Å²) in [5.41, 5.74) is 2.51. The van der Waals surface area contributed by atoms with Crippen molar-refractivity contribution in [1.29, 1.82) is 0 Å². The molecule has 1 atom stereocenters. The fraction of sp³-hybridized carbons (Fsp3) is 0.273. The molecule has 1 aromatic heterocycles. The Morgan fingerprint density at radius 3 is 2.42 bits per heavy atom. The second-order valence-corrected chi connectivity index (χ2v) is 8.28. The molecule has 9 heteroatoms. The highest BCUT2D eigenvalue weighted by molar-refractivity contribution is 7.13. The largest absolute Gasteiger partial charge is 0.497 e. The number of hydrogen-bond donors (Lipinski definition) is 2. The molecule has 8 nitrogen and oxygen atoms in total. The number of nitrogens with one attached hydrogen (secondary N) is 2. The number of hydrogen-bond acceptors (Lipinski definition) is 6. The van der Waals surface area contributed by atoms with E-state index >= 15 is 0 Å². The average molecular weight is 438 g/mol. The summed E-state index contributed by atoms with van der Waals surface area (Å²) in [5.74, 6) is 0.419. The van der Waals surface area contributed by atoms with Crippen molar-refractivity contribution in [2.75, 3.05) is 24.3 Å². The molecule has 2 heterocycles. The zero-order chi connectivity index (χ0) is 21.8. The van der Waals surface area contributed by atoms with Gasteiger partial charge in [-0.3, -0.25) is 4.79 Å². The van der Waals surface area contributed by atoms with E-state index in [0.717, 1.165) is 24.2 Å². The normalized spacial score (nSPS) is 15.5. The van der Waals surface area contributed by atoms with Crippen LogP contribution in [0.1, 0.15) is 39.3 Å². The predicted molar refractivity (Wildman–Crippen MR) is 120 cm³/mol. The number of nitrogens with zero attached hydrogens (tertiary/aromatic N) is 3. The van der Waals surface area contributed by atoms with E-state index in [1.54, 1.807) is 36.3 Å². The molecular weight excluding hydrogens is 414 g/mol. The molecule has 1 aliphatic rings. The van der Waals surface area contributed by atoms with Crippen LogP contribution in [0.25, 0.3) is 0 Å². The molecule has 3 amide bonds. The zero-order valence-electron chi connectivity index (χ0n) is 17.3. The number of likely N-dealkylation sites (tertiary alicyclic amines) is 1. The molecule has 0 aliphatic carbocycles. The Morgan fingerprint density at radius 1 is 1.03 bits per heavy atom. The Balaban J connectivity index is 1.42. The maximum absolute atomic E-state index is 12.8. The van der Waals surface area contributed by atoms with Crippen LogP contribution < -0.4 is 15.4 Å². The van der Waals surface area contributed by atoms with Crippen molar-refractivity contribution in [3.63, 3.8) is 0 Å². The van der Waals surface area contributed by atoms with Gasteiger partial charge in [-0.25, -0.2) is 4.79 Å². The fourth-order valence-corrected chi connectivity index (χ4v) is 4.30. The number of ether oxygens (including phenoxy) is 1. The van der Waals surface area contributed by atoms with E-state index in [4.69, 9.17) is 4.74 Å². The summed E-state index contributed by atoms with van der Waals surface area (Å²) in [6.07, 6.45) is 1.65. The lowest BCUT2D eigenvalue weighted by Gasteiger charge is -2.23. The van der Waals surface area contributed by atoms with E-state index in [-0.39, 0.29) is 23.0 Å². The molecule has 0 radical (unpaired) electrons. The van der Waals surface area contributed by atoms with Crippen molar-refractivity contribution >= 4 is 34.6 Å². The van der Waals surface area contributed by atoms with E-state index in [1.807, 2.05) is 31.2 Å². The highest BCUT2D eigenvalue weighted by atomic mass is 32.1. The Kier molecular flexibility index (Phi) is 6.13. The first kappa shape index (κ1) is 20.8. The van der Waals surface area contributed by atoms with Gasteiger partial charge in [-0.05, 0) is 56.2 Å². The Hall–Kier alpha value is -3.46. The molecule has 2 N–H and O–H groups in total. The van der Waals surface area contributed by atoms with Gasteiger partial charge in [-0.1, -0.05) is 29.0 Å². The molecule has 1 unspecified atom stereocenters. The van der Waals surface area contributed by atoms with Gasteiger partial charge in [0.2, 0.25) is 5.01 Å². The van der Waals surface area contributed by atoms with E-state index in [2.05, 4.69) is 20.8 Å². The van der Waals surface area contributed by atoms with Gasteiger partial charge in [0.05, 0.1) is 13.2 Å². The standard InChI is InChI=1S/C22H23N5O3S/c1-14-5-7-15(8-6-14)23-19(28)21-26-25-20(31-21)18-4-3-13-27(18)22(29)24-16-9-11-17(30-2)12-10-16/h5-12,18H,3-4,13H2,1-2H3,(H,23,28)(H,24,29). The van der Waals surface area contributed by atoms with Crippen LogP contribution in [-0.4, -0.2) is 40.7 Å². The Bertz CT molecular complexity index is 1070. The van der Waals surface area contributed by atoms with E-state index in [9.17, 15) is 9.59 Å². The Morgan fingerprint density at radius 2 is 1.71 bits per heavy atom. The number of carbonyl (C=O) groups is 2. The minimum absolute atomic E-state index is 0.198. The van der Waals surface area contributed by atoms with E-state index < -0.39 is 0 Å². The minimum atomic E-state index is -0.306. The number of anilines is 2. The quantitative estimate of drug-likeness (QED) is 0.614. The van der Waals surface area contributed by atoms with Crippen LogP contribution in [0.5, 0.6) is 5.75 Å². The number of aromatic nitrogens is 2. The first-order valence-corrected chi connectivity index (χ1v) is 10.8. The van der Waals surface area contributed by atoms with Gasteiger partial charge in [0.15, 0.2) is 0 Å². The molecule has 0 saturated carbocycles. The summed E-state index contributed by atoms with van der Waals surface area (Å²) in [4.78, 5) is 27.1. The SMILES string of the molecule is COc1ccc(NC(=O)N2CCCC2c2nnc(C(=O)Nc3ccc(C)cc3)s2)cc1. The van der Waals surface area contributed by atoms with Gasteiger partial charge in [0.25, 0.3) is 5.91 Å². The second-order valence-electron chi connectivity index (χ2n) is 7.28. The lowest BCUT2D eigenvalue weighted by Crippen LogP contribution is -2.34. The minimum Gasteiger partial charge on any atom is -0.497 e. The monoisotopic (exact) mass is 437 g/mol. The summed E-state index contributed by atoms with van der Waals surface area (Å²) in [5, 5.41) is 14.9. The van der Waals surface area contributed by atoms with Crippen molar-refractivity contribution in [3.8, 4) is 5.75 Å². The third-order valence-corrected chi connectivity index (χ3v) is 6.11. The number of amides is 3. The summed E-state index contributed by atoms with van der Waals surface area (Å²) >= 11 is 1.22. The number of benzene rings is 2. The van der Waals surface area contributed by atoms with Crippen LogP contribution >= 0.6 is 11.3 Å². The van der Waals surface area contributed by atoms with Crippen LogP contribution in [0.2, 0.25) is 0 Å². The van der Waals surface area contributed by atoms with Gasteiger partial charge >= 0.3 is 6.03 Å². The molecule has 1 saturated heterocycles. The van der Waals surface area contributed by atoms with Crippen molar-refractivity contribution < 1.29 is 14.3 Å². The van der Waals surface area contributed by atoms with Crippen LogP contribution in [0, 0.1) is 6.92 Å². The van der Waals surface area contributed by atoms with Crippen LogP contribution in [0.15, 0.2) is 48.5 Å². The van der Waals surface area contributed by atoms with Crippen molar-refractivity contribution in [2.24, 2.45) is 0 Å². The second kappa shape index (κ2) is 9.13. The van der Waals surface area contributed by atoms with Gasteiger partial charge in [0, 0.05) is 17.9 Å². The van der Waals surface area contributed by atoms with Gasteiger partial charge in [0.1, 0.15) is 10.8 Å². The van der Waals surface area contributed by atoms with E-state index in [0.29, 0.717) is 22.9 Å². The first-order chi connectivity index (χ1) is 15.0. The molecule has 0 bridgehead atoms. The average Bonchev–Trinajstić information content (AvgIpc) is 3.45. The van der Waals surface area contributed by atoms with E-state index in [1.165, 1.54) is 11.3 Å². The molecule has 160 valence electrons. The maximum Gasteiger partial charge on any atom is 0.322 e. The summed E-state index contributed by atoms with van der Waals surface area (Å²) in [6, 6.07) is 14.3. The van der Waals surface area contributed by atoms with Gasteiger partial charge in [-0.15, -0.1) is 10.2 Å². The predicted octanol–water partition coefficient (Wildman–Crippen LogP) is 4.48. The third kappa shape index (κ3) is 4.83. The first-order valence-electron chi connectivity index (χ1n) is 9.96. The molecule has 0 spiro atoms. The highest BCUT2D eigenvalue weighted by Gasteiger charge is 2.33. The highest BCUT2D eigenvalue weighted by Crippen LogP contribution is 2.34. The third-order valence-electron chi connectivity index (χ3n) is 5.08. The van der Waals surface area contributed by atoms with Gasteiger partial charge < -0.3 is 20.3 Å². The van der Waals surface area contributed by atoms with Crippen molar-refractivity contribution in [2.45, 2.75) is 25.8 Å². The summed E-state index contributed by atoms with van der Waals surface area (Å²) < 4.78 is 5.14. The molecule has 31 heavy (non-hydrogen) atoms. The number of urea groups is 1. The fourth-order valence-electron chi connectivity index (χ4n) is 3.42. The number of rotatable bonds is 5. The van der Waals surface area contributed by atoms with Crippen molar-refractivity contribution in [1.82, 2.24) is 15.1 Å². The lowest BCUT2D eigenvalue weighted by atomic mass is 10.2. The number of aryl methyl sites for hydroxylation is 1. The van der Waals surface area contributed by atoms with Gasteiger partial charge in [-0.2, -0.15) is 0 Å². The lowest BCUT2D eigenvalue weighted by molar-refractivity contribution is 0.102. The van der Waals surface area contributed by atoms with Crippen LogP contribution in [0.4, 0.5) is 16.2 Å². The summed E-state index contributed by atoms with van der Waals surface area (Å²) in [6.45, 7) is 2.61. The summed E-state index contributed by atoms with van der Waals surface area (Å²) in [7, 11) is 1.60. The molecular formula is C22H23N5O3S. The molecule has 3 aromatic rings. The topological polar surface area (TPSA) is 96.4 Å². The molecule has 1 fully saturated rings. The smallest absolute Gasteiger partial charge is 0.322 e. The number of carbonyl (C=O) groups excluding carboxylic acids is 2.